The zero-order valence-electron chi connectivity index (χ0n) is 11.9. The normalized spacial score (nSPS) is 23.9. The Morgan fingerprint density at radius 2 is 2.26 bits per heavy atom. The lowest BCUT2D eigenvalue weighted by Crippen LogP contribution is -2.49. The van der Waals surface area contributed by atoms with Crippen LogP contribution in [0.1, 0.15) is 12.5 Å². The monoisotopic (exact) mass is 261 g/mol. The molecule has 1 amide bonds. The van der Waals surface area contributed by atoms with Gasteiger partial charge in [-0.1, -0.05) is 19.1 Å². The van der Waals surface area contributed by atoms with Crippen molar-refractivity contribution in [3.8, 4) is 0 Å². The van der Waals surface area contributed by atoms with Crippen molar-refractivity contribution in [2.75, 3.05) is 31.6 Å². The van der Waals surface area contributed by atoms with Gasteiger partial charge in [0.25, 0.3) is 0 Å². The first kappa shape index (κ1) is 13.9. The number of amides is 1. The average Bonchev–Trinajstić information content (AvgIpc) is 2.52. The van der Waals surface area contributed by atoms with Gasteiger partial charge in [-0.15, -0.1) is 0 Å². The second-order valence-electron chi connectivity index (χ2n) is 5.42. The fraction of sp³-hybridized carbons (Fsp3) is 0.533. The van der Waals surface area contributed by atoms with Crippen LogP contribution in [0.5, 0.6) is 0 Å². The van der Waals surface area contributed by atoms with E-state index in [0.29, 0.717) is 12.5 Å². The number of hydrogen-bond donors (Lipinski definition) is 2. The molecule has 1 aliphatic heterocycles. The largest absolute Gasteiger partial charge is 0.358 e. The summed E-state index contributed by atoms with van der Waals surface area (Å²) in [5.74, 6) is 0.562. The zero-order valence-corrected chi connectivity index (χ0v) is 11.9. The number of carbonyl (C=O) groups excluding carboxylic acids is 1. The van der Waals surface area contributed by atoms with Gasteiger partial charge in [-0.2, -0.15) is 0 Å². The van der Waals surface area contributed by atoms with E-state index in [1.807, 2.05) is 7.05 Å². The Balaban J connectivity index is 2.32. The van der Waals surface area contributed by atoms with Crippen molar-refractivity contribution >= 4 is 11.6 Å². The molecule has 0 bridgehead atoms. The molecule has 0 spiro atoms. The molecule has 1 fully saturated rings. The summed E-state index contributed by atoms with van der Waals surface area (Å²) >= 11 is 0. The molecule has 2 N–H and O–H groups in total. The van der Waals surface area contributed by atoms with Crippen LogP contribution in [0.4, 0.5) is 5.69 Å². The molecular formula is C15H23N3O. The van der Waals surface area contributed by atoms with E-state index in [4.69, 9.17) is 0 Å². The Morgan fingerprint density at radius 1 is 1.47 bits per heavy atom. The van der Waals surface area contributed by atoms with Crippen molar-refractivity contribution in [3.63, 3.8) is 0 Å². The SMILES string of the molecule is CNCC1C(=O)NCC(C)CN1c1cccc(C)c1. The van der Waals surface area contributed by atoms with Crippen molar-refractivity contribution < 1.29 is 4.79 Å². The lowest BCUT2D eigenvalue weighted by molar-refractivity contribution is -0.122. The number of anilines is 1. The van der Waals surface area contributed by atoms with Crippen LogP contribution in [0, 0.1) is 12.8 Å². The smallest absolute Gasteiger partial charge is 0.244 e. The van der Waals surface area contributed by atoms with E-state index in [1.165, 1.54) is 5.56 Å². The van der Waals surface area contributed by atoms with Crippen LogP contribution >= 0.6 is 0 Å². The molecule has 1 aromatic rings. The number of nitrogens with one attached hydrogen (secondary N) is 2. The van der Waals surface area contributed by atoms with Gasteiger partial charge < -0.3 is 15.5 Å². The summed E-state index contributed by atoms with van der Waals surface area (Å²) in [4.78, 5) is 14.4. The number of aryl methyl sites for hydroxylation is 1. The molecule has 4 heteroatoms. The van der Waals surface area contributed by atoms with E-state index >= 15 is 0 Å². The van der Waals surface area contributed by atoms with Gasteiger partial charge in [-0.05, 0) is 37.6 Å². The molecule has 0 aliphatic carbocycles. The summed E-state index contributed by atoms with van der Waals surface area (Å²) in [7, 11) is 1.88. The molecule has 1 heterocycles. The highest BCUT2D eigenvalue weighted by molar-refractivity contribution is 5.86. The van der Waals surface area contributed by atoms with Crippen molar-refractivity contribution in [1.82, 2.24) is 10.6 Å². The third kappa shape index (κ3) is 3.26. The summed E-state index contributed by atoms with van der Waals surface area (Å²) < 4.78 is 0. The Hall–Kier alpha value is -1.55. The lowest BCUT2D eigenvalue weighted by atomic mass is 10.1. The second kappa shape index (κ2) is 6.06. The number of hydrogen-bond acceptors (Lipinski definition) is 3. The molecule has 1 aromatic carbocycles. The van der Waals surface area contributed by atoms with Gasteiger partial charge in [0.2, 0.25) is 5.91 Å². The third-order valence-corrected chi connectivity index (χ3v) is 3.54. The van der Waals surface area contributed by atoms with E-state index in [2.05, 4.69) is 53.6 Å². The van der Waals surface area contributed by atoms with Gasteiger partial charge in [0.05, 0.1) is 0 Å². The minimum Gasteiger partial charge on any atom is -0.358 e. The van der Waals surface area contributed by atoms with Crippen molar-refractivity contribution in [3.05, 3.63) is 29.8 Å². The van der Waals surface area contributed by atoms with E-state index in [-0.39, 0.29) is 11.9 Å². The first-order valence-corrected chi connectivity index (χ1v) is 6.87. The number of nitrogens with zero attached hydrogens (tertiary/aromatic N) is 1. The quantitative estimate of drug-likeness (QED) is 0.858. The highest BCUT2D eigenvalue weighted by Gasteiger charge is 2.30. The Labute approximate surface area is 115 Å². The summed E-state index contributed by atoms with van der Waals surface area (Å²) in [5, 5.41) is 6.15. The summed E-state index contributed by atoms with van der Waals surface area (Å²) in [6.45, 7) is 6.56. The first-order chi connectivity index (χ1) is 9.11. The molecule has 1 aliphatic rings. The molecule has 2 rings (SSSR count). The Kier molecular flexibility index (Phi) is 4.43. The molecule has 2 atom stereocenters. The first-order valence-electron chi connectivity index (χ1n) is 6.87. The highest BCUT2D eigenvalue weighted by Crippen LogP contribution is 2.21. The van der Waals surface area contributed by atoms with E-state index in [0.717, 1.165) is 18.8 Å². The molecule has 2 unspecified atom stereocenters. The van der Waals surface area contributed by atoms with Crippen LogP contribution < -0.4 is 15.5 Å². The summed E-state index contributed by atoms with van der Waals surface area (Å²) in [6, 6.07) is 8.22. The molecule has 19 heavy (non-hydrogen) atoms. The molecule has 1 saturated heterocycles. The average molecular weight is 261 g/mol. The fourth-order valence-corrected chi connectivity index (χ4v) is 2.55. The minimum absolute atomic E-state index is 0.111. The topological polar surface area (TPSA) is 44.4 Å². The summed E-state index contributed by atoms with van der Waals surface area (Å²) in [6.07, 6.45) is 0. The third-order valence-electron chi connectivity index (χ3n) is 3.54. The van der Waals surface area contributed by atoms with E-state index in [1.54, 1.807) is 0 Å². The molecule has 0 radical (unpaired) electrons. The summed E-state index contributed by atoms with van der Waals surface area (Å²) in [5.41, 5.74) is 2.35. The number of benzene rings is 1. The number of rotatable bonds is 3. The highest BCUT2D eigenvalue weighted by atomic mass is 16.2. The zero-order chi connectivity index (χ0) is 13.8. The molecule has 0 aromatic heterocycles. The predicted octanol–water partition coefficient (Wildman–Crippen LogP) is 1.16. The predicted molar refractivity (Wildman–Crippen MR) is 78.4 cm³/mol. The Morgan fingerprint density at radius 3 is 2.95 bits per heavy atom. The molecule has 4 nitrogen and oxygen atoms in total. The van der Waals surface area contributed by atoms with Gasteiger partial charge in [-0.3, -0.25) is 4.79 Å². The molecule has 0 saturated carbocycles. The Bertz CT molecular complexity index is 447. The minimum atomic E-state index is -0.142. The van der Waals surface area contributed by atoms with E-state index < -0.39 is 0 Å². The number of likely N-dealkylation sites (N-methyl/N-ethyl adjacent to an activating group) is 1. The number of carbonyl (C=O) groups is 1. The van der Waals surface area contributed by atoms with E-state index in [9.17, 15) is 4.79 Å². The maximum Gasteiger partial charge on any atom is 0.244 e. The van der Waals surface area contributed by atoms with Gasteiger partial charge in [0.1, 0.15) is 6.04 Å². The van der Waals surface area contributed by atoms with Crippen LogP contribution in [0.25, 0.3) is 0 Å². The van der Waals surface area contributed by atoms with Crippen molar-refractivity contribution in [2.24, 2.45) is 5.92 Å². The maximum atomic E-state index is 12.2. The van der Waals surface area contributed by atoms with Gasteiger partial charge >= 0.3 is 0 Å². The van der Waals surface area contributed by atoms with Crippen LogP contribution in [-0.2, 0) is 4.79 Å². The van der Waals surface area contributed by atoms with Crippen LogP contribution in [0.3, 0.4) is 0 Å². The van der Waals surface area contributed by atoms with Gasteiger partial charge in [-0.25, -0.2) is 0 Å². The molecule has 104 valence electrons. The van der Waals surface area contributed by atoms with Crippen LogP contribution in [0.2, 0.25) is 0 Å². The molecular weight excluding hydrogens is 238 g/mol. The van der Waals surface area contributed by atoms with Crippen LogP contribution in [0.15, 0.2) is 24.3 Å². The fourth-order valence-electron chi connectivity index (χ4n) is 2.55. The van der Waals surface area contributed by atoms with Gasteiger partial charge in [0, 0.05) is 25.3 Å². The van der Waals surface area contributed by atoms with Gasteiger partial charge in [0.15, 0.2) is 0 Å². The van der Waals surface area contributed by atoms with Crippen molar-refractivity contribution in [2.45, 2.75) is 19.9 Å². The van der Waals surface area contributed by atoms with Crippen LogP contribution in [-0.4, -0.2) is 38.6 Å². The standard InChI is InChI=1S/C15H23N3O/c1-11-5-4-6-13(7-11)18-10-12(2)8-17-15(19)14(18)9-16-3/h4-7,12,14,16H,8-10H2,1-3H3,(H,17,19). The lowest BCUT2D eigenvalue weighted by Gasteiger charge is -2.31. The second-order valence-corrected chi connectivity index (χ2v) is 5.42. The maximum absolute atomic E-state index is 12.2. The van der Waals surface area contributed by atoms with Crippen molar-refractivity contribution in [1.29, 1.82) is 0 Å².